The zero-order chi connectivity index (χ0) is 14.5. The van der Waals surface area contributed by atoms with Crippen molar-refractivity contribution in [1.29, 1.82) is 0 Å². The van der Waals surface area contributed by atoms with Crippen LogP contribution in [0.1, 0.15) is 46.0 Å². The second-order valence-corrected chi connectivity index (χ2v) is 5.47. The van der Waals surface area contributed by atoms with Crippen LogP contribution >= 0.6 is 0 Å². The molecule has 0 aromatic carbocycles. The maximum atomic E-state index is 12.3. The second kappa shape index (κ2) is 6.59. The van der Waals surface area contributed by atoms with E-state index in [-0.39, 0.29) is 5.91 Å². The normalized spacial score (nSPS) is 20.9. The Kier molecular flexibility index (Phi) is 5.64. The first kappa shape index (κ1) is 16.3. The van der Waals surface area contributed by atoms with E-state index in [9.17, 15) is 18.0 Å². The lowest BCUT2D eigenvalue weighted by Gasteiger charge is -2.37. The highest BCUT2D eigenvalue weighted by atomic mass is 19.4. The second-order valence-electron chi connectivity index (χ2n) is 5.47. The number of hydrogen-bond acceptors (Lipinski definition) is 2. The minimum atomic E-state index is -4.24. The molecule has 0 aliphatic carbocycles. The highest BCUT2D eigenvalue weighted by molar-refractivity contribution is 5.83. The third kappa shape index (κ3) is 5.01. The SMILES string of the molecule is CCCC1(C(=O)NC(C)CC(F)(F)F)CCNCC1. The van der Waals surface area contributed by atoms with Gasteiger partial charge in [0.1, 0.15) is 0 Å². The van der Waals surface area contributed by atoms with Crippen LogP contribution in [0.3, 0.4) is 0 Å². The van der Waals surface area contributed by atoms with Crippen LogP contribution in [0, 0.1) is 5.41 Å². The number of piperidine rings is 1. The van der Waals surface area contributed by atoms with E-state index < -0.39 is 24.1 Å². The van der Waals surface area contributed by atoms with Crippen LogP contribution < -0.4 is 10.6 Å². The van der Waals surface area contributed by atoms with Gasteiger partial charge in [-0.05, 0) is 39.3 Å². The van der Waals surface area contributed by atoms with Crippen LogP contribution in [0.5, 0.6) is 0 Å². The molecule has 1 atom stereocenters. The molecule has 1 aliphatic rings. The van der Waals surface area contributed by atoms with E-state index in [1.807, 2.05) is 6.92 Å². The van der Waals surface area contributed by atoms with Gasteiger partial charge in [-0.3, -0.25) is 4.79 Å². The molecule has 1 amide bonds. The van der Waals surface area contributed by atoms with Crippen LogP contribution in [0.2, 0.25) is 0 Å². The molecule has 1 aliphatic heterocycles. The zero-order valence-corrected chi connectivity index (χ0v) is 11.6. The fourth-order valence-electron chi connectivity index (χ4n) is 2.75. The summed E-state index contributed by atoms with van der Waals surface area (Å²) in [7, 11) is 0. The predicted octanol–water partition coefficient (Wildman–Crippen LogP) is 2.61. The van der Waals surface area contributed by atoms with E-state index in [1.165, 1.54) is 6.92 Å². The maximum Gasteiger partial charge on any atom is 0.391 e. The summed E-state index contributed by atoms with van der Waals surface area (Å²) >= 11 is 0. The van der Waals surface area contributed by atoms with Gasteiger partial charge in [0, 0.05) is 6.04 Å². The molecule has 19 heavy (non-hydrogen) atoms. The van der Waals surface area contributed by atoms with Gasteiger partial charge in [0.05, 0.1) is 11.8 Å². The van der Waals surface area contributed by atoms with Gasteiger partial charge in [0.15, 0.2) is 0 Å². The van der Waals surface area contributed by atoms with Crippen LogP contribution in [-0.4, -0.2) is 31.2 Å². The Hall–Kier alpha value is -0.780. The Morgan fingerprint density at radius 3 is 2.42 bits per heavy atom. The minimum absolute atomic E-state index is 0.215. The molecule has 0 aromatic rings. The molecule has 0 bridgehead atoms. The Morgan fingerprint density at radius 1 is 1.37 bits per heavy atom. The highest BCUT2D eigenvalue weighted by Gasteiger charge is 2.40. The van der Waals surface area contributed by atoms with Gasteiger partial charge in [-0.2, -0.15) is 13.2 Å². The molecule has 0 saturated carbocycles. The van der Waals surface area contributed by atoms with Crippen LogP contribution in [0.15, 0.2) is 0 Å². The molecule has 1 unspecified atom stereocenters. The third-order valence-electron chi connectivity index (χ3n) is 3.69. The van der Waals surface area contributed by atoms with Crippen molar-refractivity contribution in [1.82, 2.24) is 10.6 Å². The number of alkyl halides is 3. The summed E-state index contributed by atoms with van der Waals surface area (Å²) in [6, 6.07) is -0.865. The van der Waals surface area contributed by atoms with E-state index in [2.05, 4.69) is 10.6 Å². The molecule has 6 heteroatoms. The minimum Gasteiger partial charge on any atom is -0.353 e. The fraction of sp³-hybridized carbons (Fsp3) is 0.923. The number of carbonyl (C=O) groups excluding carboxylic acids is 1. The molecule has 0 radical (unpaired) electrons. The number of rotatable bonds is 5. The number of amides is 1. The lowest BCUT2D eigenvalue weighted by molar-refractivity contribution is -0.145. The molecular weight excluding hydrogens is 257 g/mol. The number of hydrogen-bond donors (Lipinski definition) is 2. The van der Waals surface area contributed by atoms with E-state index in [1.54, 1.807) is 0 Å². The van der Waals surface area contributed by atoms with Crippen molar-refractivity contribution in [2.75, 3.05) is 13.1 Å². The first-order valence-electron chi connectivity index (χ1n) is 6.87. The van der Waals surface area contributed by atoms with Gasteiger partial charge in [0.25, 0.3) is 0 Å². The van der Waals surface area contributed by atoms with Gasteiger partial charge >= 0.3 is 6.18 Å². The zero-order valence-electron chi connectivity index (χ0n) is 11.6. The van der Waals surface area contributed by atoms with Gasteiger partial charge in [-0.25, -0.2) is 0 Å². The molecule has 0 aromatic heterocycles. The summed E-state index contributed by atoms with van der Waals surface area (Å²) in [5.41, 5.74) is -0.486. The smallest absolute Gasteiger partial charge is 0.353 e. The quantitative estimate of drug-likeness (QED) is 0.813. The Bertz CT molecular complexity index is 293. The van der Waals surface area contributed by atoms with E-state index >= 15 is 0 Å². The average Bonchev–Trinajstić information content (AvgIpc) is 2.27. The third-order valence-corrected chi connectivity index (χ3v) is 3.69. The van der Waals surface area contributed by atoms with Crippen molar-refractivity contribution in [2.24, 2.45) is 5.41 Å². The number of nitrogens with one attached hydrogen (secondary N) is 2. The lowest BCUT2D eigenvalue weighted by Crippen LogP contribution is -2.50. The van der Waals surface area contributed by atoms with E-state index in [4.69, 9.17) is 0 Å². The van der Waals surface area contributed by atoms with Crippen molar-refractivity contribution in [2.45, 2.75) is 58.2 Å². The van der Waals surface area contributed by atoms with Gasteiger partial charge in [-0.1, -0.05) is 13.3 Å². The Balaban J connectivity index is 2.62. The monoisotopic (exact) mass is 280 g/mol. The molecular formula is C13H23F3N2O. The van der Waals surface area contributed by atoms with E-state index in [0.717, 1.165) is 25.9 Å². The van der Waals surface area contributed by atoms with Crippen LogP contribution in [0.25, 0.3) is 0 Å². The summed E-state index contributed by atoms with van der Waals surface area (Å²) in [4.78, 5) is 12.3. The summed E-state index contributed by atoms with van der Waals surface area (Å²) < 4.78 is 36.8. The molecule has 1 fully saturated rings. The average molecular weight is 280 g/mol. The summed E-state index contributed by atoms with van der Waals surface area (Å²) in [5.74, 6) is -0.215. The first-order chi connectivity index (χ1) is 8.79. The predicted molar refractivity (Wildman–Crippen MR) is 67.7 cm³/mol. The van der Waals surface area contributed by atoms with Gasteiger partial charge in [0.2, 0.25) is 5.91 Å². The highest BCUT2D eigenvalue weighted by Crippen LogP contribution is 2.34. The Labute approximate surface area is 112 Å². The number of halogens is 3. The van der Waals surface area contributed by atoms with Crippen molar-refractivity contribution in [3.05, 3.63) is 0 Å². The number of carbonyl (C=O) groups is 1. The molecule has 0 spiro atoms. The molecule has 1 heterocycles. The van der Waals surface area contributed by atoms with Crippen molar-refractivity contribution in [3.63, 3.8) is 0 Å². The standard InChI is InChI=1S/C13H23F3N2O/c1-3-4-12(5-7-17-8-6-12)11(19)18-10(2)9-13(14,15)16/h10,17H,3-9H2,1-2H3,(H,18,19). The van der Waals surface area contributed by atoms with Gasteiger partial charge in [-0.15, -0.1) is 0 Å². The summed E-state index contributed by atoms with van der Waals surface area (Å²) in [5, 5.41) is 5.73. The summed E-state index contributed by atoms with van der Waals surface area (Å²) in [6.45, 7) is 4.91. The molecule has 2 N–H and O–H groups in total. The fourth-order valence-corrected chi connectivity index (χ4v) is 2.75. The largest absolute Gasteiger partial charge is 0.391 e. The molecule has 112 valence electrons. The van der Waals surface area contributed by atoms with Crippen LogP contribution in [0.4, 0.5) is 13.2 Å². The topological polar surface area (TPSA) is 41.1 Å². The van der Waals surface area contributed by atoms with Crippen molar-refractivity contribution >= 4 is 5.91 Å². The van der Waals surface area contributed by atoms with E-state index in [0.29, 0.717) is 12.8 Å². The Morgan fingerprint density at radius 2 is 1.95 bits per heavy atom. The van der Waals surface area contributed by atoms with Crippen molar-refractivity contribution < 1.29 is 18.0 Å². The lowest BCUT2D eigenvalue weighted by atomic mass is 9.74. The first-order valence-corrected chi connectivity index (χ1v) is 6.87. The van der Waals surface area contributed by atoms with Crippen LogP contribution in [-0.2, 0) is 4.79 Å². The maximum absolute atomic E-state index is 12.3. The molecule has 1 saturated heterocycles. The van der Waals surface area contributed by atoms with Gasteiger partial charge < -0.3 is 10.6 Å². The molecule has 3 nitrogen and oxygen atoms in total. The van der Waals surface area contributed by atoms with Crippen molar-refractivity contribution in [3.8, 4) is 0 Å². The molecule has 1 rings (SSSR count). The summed E-state index contributed by atoms with van der Waals surface area (Å²) in [6.07, 6.45) is -2.21.